The summed E-state index contributed by atoms with van der Waals surface area (Å²) in [5.41, 5.74) is -2.40. The molecule has 0 spiro atoms. The smallest absolute Gasteiger partial charge is 0.303 e. The van der Waals surface area contributed by atoms with Gasteiger partial charge in [0.2, 0.25) is 11.8 Å². The van der Waals surface area contributed by atoms with Crippen LogP contribution in [-0.2, 0) is 30.3 Å². The molecule has 0 unspecified atom stereocenters. The van der Waals surface area contributed by atoms with Gasteiger partial charge in [-0.05, 0) is 37.0 Å². The monoisotopic (exact) mass is 672 g/mol. The average Bonchev–Trinajstić information content (AvgIpc) is 3.63. The predicted octanol–water partition coefficient (Wildman–Crippen LogP) is 4.64. The van der Waals surface area contributed by atoms with Crippen molar-refractivity contribution in [1.82, 2.24) is 10.2 Å². The van der Waals surface area contributed by atoms with Crippen LogP contribution < -0.4 is 24.3 Å². The quantitative estimate of drug-likeness (QED) is 0.296. The van der Waals surface area contributed by atoms with Gasteiger partial charge in [-0.15, -0.1) is 0 Å². The van der Waals surface area contributed by atoms with Gasteiger partial charge in [0.1, 0.15) is 29.2 Å². The molecule has 1 aliphatic carbocycles. The lowest BCUT2D eigenvalue weighted by Crippen LogP contribution is -2.57. The first-order valence-electron chi connectivity index (χ1n) is 16.7. The molecule has 11 nitrogen and oxygen atoms in total. The number of likely N-dealkylation sites (tertiary alicyclic amines) is 1. The second-order valence-electron chi connectivity index (χ2n) is 13.0. The van der Waals surface area contributed by atoms with E-state index < -0.39 is 47.2 Å². The van der Waals surface area contributed by atoms with Crippen molar-refractivity contribution >= 4 is 17.8 Å². The minimum absolute atomic E-state index is 0.148. The number of hydrogen-bond acceptors (Lipinski definition) is 9. The van der Waals surface area contributed by atoms with E-state index in [9.17, 15) is 14.7 Å². The van der Waals surface area contributed by atoms with Crippen LogP contribution in [0.3, 0.4) is 0 Å². The van der Waals surface area contributed by atoms with Gasteiger partial charge < -0.3 is 39.0 Å². The molecule has 0 aromatic heterocycles. The average molecular weight is 673 g/mol. The molecule has 1 saturated carbocycles. The van der Waals surface area contributed by atoms with Crippen LogP contribution in [-0.4, -0.2) is 67.9 Å². The largest absolute Gasteiger partial charge is 0.497 e. The molecular formula is C38H44N2O9. The zero-order valence-corrected chi connectivity index (χ0v) is 28.7. The Morgan fingerprint density at radius 1 is 1.00 bits per heavy atom. The Morgan fingerprint density at radius 2 is 1.69 bits per heavy atom. The third kappa shape index (κ3) is 5.44. The summed E-state index contributed by atoms with van der Waals surface area (Å²) in [4.78, 5) is 43.2. The van der Waals surface area contributed by atoms with Crippen molar-refractivity contribution in [2.24, 2.45) is 11.8 Å². The summed E-state index contributed by atoms with van der Waals surface area (Å²) < 4.78 is 30.2. The summed E-state index contributed by atoms with van der Waals surface area (Å²) in [5.74, 6) is -2.24. The van der Waals surface area contributed by atoms with Gasteiger partial charge in [0.05, 0.1) is 32.8 Å². The van der Waals surface area contributed by atoms with Crippen molar-refractivity contribution in [3.05, 3.63) is 83.4 Å². The van der Waals surface area contributed by atoms with Gasteiger partial charge in [-0.2, -0.15) is 0 Å². The molecule has 260 valence electrons. The van der Waals surface area contributed by atoms with Crippen LogP contribution in [0.4, 0.5) is 0 Å². The summed E-state index contributed by atoms with van der Waals surface area (Å²) in [6.07, 6.45) is -0.147. The van der Waals surface area contributed by atoms with Gasteiger partial charge in [0.15, 0.2) is 17.3 Å². The fourth-order valence-electron chi connectivity index (χ4n) is 7.93. The highest BCUT2D eigenvalue weighted by Crippen LogP contribution is 2.69. The fourth-order valence-corrected chi connectivity index (χ4v) is 7.93. The number of esters is 1. The molecule has 1 saturated heterocycles. The highest BCUT2D eigenvalue weighted by Gasteiger charge is 2.78. The van der Waals surface area contributed by atoms with Crippen molar-refractivity contribution in [2.75, 3.05) is 27.9 Å². The number of nitrogens with one attached hydrogen (secondary N) is 1. The van der Waals surface area contributed by atoms with Crippen LogP contribution in [0.5, 0.6) is 23.0 Å². The zero-order valence-electron chi connectivity index (χ0n) is 28.7. The van der Waals surface area contributed by atoms with E-state index in [-0.39, 0.29) is 28.9 Å². The summed E-state index contributed by atoms with van der Waals surface area (Å²) in [7, 11) is 4.52. The number of nitrogens with zero attached hydrogens (tertiary/aromatic N) is 1. The summed E-state index contributed by atoms with van der Waals surface area (Å²) in [5, 5.41) is 16.6. The Kier molecular flexibility index (Phi) is 9.23. The molecule has 11 heteroatoms. The molecule has 3 aliphatic rings. The number of ether oxygens (including phenoxy) is 5. The second kappa shape index (κ2) is 13.3. The molecular weight excluding hydrogens is 628 g/mol. The lowest BCUT2D eigenvalue weighted by Gasteiger charge is -2.46. The first kappa shape index (κ1) is 34.1. The Morgan fingerprint density at radius 3 is 2.31 bits per heavy atom. The summed E-state index contributed by atoms with van der Waals surface area (Å²) >= 11 is 0. The number of hydrogen-bond donors (Lipinski definition) is 2. The van der Waals surface area contributed by atoms with E-state index in [4.69, 9.17) is 23.7 Å². The minimum Gasteiger partial charge on any atom is -0.497 e. The normalized spacial score (nSPS) is 27.4. The van der Waals surface area contributed by atoms with E-state index in [2.05, 4.69) is 5.32 Å². The second-order valence-corrected chi connectivity index (χ2v) is 13.0. The van der Waals surface area contributed by atoms with E-state index >= 15 is 4.79 Å². The van der Waals surface area contributed by atoms with Gasteiger partial charge in [-0.1, -0.05) is 56.3 Å². The van der Waals surface area contributed by atoms with Crippen molar-refractivity contribution in [2.45, 2.75) is 69.4 Å². The molecule has 2 bridgehead atoms. The maximum absolute atomic E-state index is 15.4. The van der Waals surface area contributed by atoms with Crippen molar-refractivity contribution in [3.8, 4) is 23.0 Å². The Balaban J connectivity index is 1.66. The number of fused-ring (bicyclic) bond motifs is 4. The molecule has 6 rings (SSSR count). The van der Waals surface area contributed by atoms with E-state index in [1.165, 1.54) is 21.1 Å². The van der Waals surface area contributed by atoms with Crippen molar-refractivity contribution < 1.29 is 43.2 Å². The van der Waals surface area contributed by atoms with Crippen LogP contribution in [0.25, 0.3) is 0 Å². The zero-order chi connectivity index (χ0) is 35.1. The van der Waals surface area contributed by atoms with Gasteiger partial charge in [-0.3, -0.25) is 14.4 Å². The third-order valence-electron chi connectivity index (χ3n) is 10.4. The molecule has 0 radical (unpaired) electrons. The van der Waals surface area contributed by atoms with Gasteiger partial charge in [0, 0.05) is 43.0 Å². The molecule has 49 heavy (non-hydrogen) atoms. The number of methoxy groups -OCH3 is 3. The Hall–Kier alpha value is -4.77. The molecule has 2 amide bonds. The van der Waals surface area contributed by atoms with Crippen LogP contribution >= 0.6 is 0 Å². The van der Waals surface area contributed by atoms with E-state index in [0.29, 0.717) is 48.4 Å². The molecule has 3 aromatic rings. The highest BCUT2D eigenvalue weighted by atomic mass is 16.6. The maximum atomic E-state index is 15.4. The molecule has 3 aromatic carbocycles. The lowest BCUT2D eigenvalue weighted by molar-refractivity contribution is -0.196. The maximum Gasteiger partial charge on any atom is 0.303 e. The van der Waals surface area contributed by atoms with Crippen molar-refractivity contribution in [1.29, 1.82) is 0 Å². The molecule has 7 atom stereocenters. The van der Waals surface area contributed by atoms with Crippen LogP contribution in [0.15, 0.2) is 66.7 Å². The lowest BCUT2D eigenvalue weighted by atomic mass is 9.75. The van der Waals surface area contributed by atoms with Gasteiger partial charge in [0.25, 0.3) is 0 Å². The van der Waals surface area contributed by atoms with E-state index in [1.54, 1.807) is 48.4 Å². The van der Waals surface area contributed by atoms with Gasteiger partial charge >= 0.3 is 5.97 Å². The molecule has 2 N–H and O–H groups in total. The first-order chi connectivity index (χ1) is 23.5. The number of carbonyl (C=O) groups is 3. The van der Waals surface area contributed by atoms with Gasteiger partial charge in [-0.25, -0.2) is 0 Å². The highest BCUT2D eigenvalue weighted by molar-refractivity contribution is 5.86. The number of rotatable bonds is 10. The van der Waals surface area contributed by atoms with E-state index in [0.717, 1.165) is 0 Å². The molecule has 2 aliphatic heterocycles. The third-order valence-corrected chi connectivity index (χ3v) is 10.4. The predicted molar refractivity (Wildman–Crippen MR) is 179 cm³/mol. The first-order valence-corrected chi connectivity index (χ1v) is 16.7. The summed E-state index contributed by atoms with van der Waals surface area (Å²) in [6.45, 7) is 5.41. The van der Waals surface area contributed by atoms with Crippen LogP contribution in [0, 0.1) is 11.8 Å². The topological polar surface area (TPSA) is 133 Å². The number of carbonyl (C=O) groups excluding carboxylic acids is 3. The summed E-state index contributed by atoms with van der Waals surface area (Å²) in [6, 6.07) is 19.7. The Bertz CT molecular complexity index is 1710. The molecule has 2 heterocycles. The molecule has 2 fully saturated rings. The Labute approximate surface area is 286 Å². The number of benzene rings is 3. The standard InChI is InChI=1S/C38H44N2O9/c1-7-22(2)34(42)39-30-14-11-19-40(30)35(43)33-31(24-12-9-8-10-13-24)38(25-15-17-26(45-4)18-16-25)36(48-23(3)41)37(33,44)32-28(47-6)20-27(46-5)21-29(32)49-38/h8-10,12-13,15-18,20-22,30-31,33,36,44H,7,11,14,19H2,1-6H3,(H,39,42)/t22-,30-,31+,33-,36-,37-,38-/m0/s1. The van der Waals surface area contributed by atoms with E-state index in [1.807, 2.05) is 44.2 Å². The number of aliphatic hydroxyl groups is 1. The van der Waals surface area contributed by atoms with Crippen LogP contribution in [0.2, 0.25) is 0 Å². The number of amides is 2. The van der Waals surface area contributed by atoms with Crippen molar-refractivity contribution in [3.63, 3.8) is 0 Å². The fraction of sp³-hybridized carbons (Fsp3) is 0.447. The SMILES string of the molecule is CC[C@H](C)C(=O)N[C@@H]1CCCN1C(=O)[C@@H]1[C@@H](c2ccccc2)[C@]2(c3ccc(OC)cc3)Oc3cc(OC)cc(OC)c3[C@@]1(O)[C@@H]2OC(C)=O. The van der Waals surface area contributed by atoms with Crippen LogP contribution in [0.1, 0.15) is 62.6 Å². The minimum atomic E-state index is -2.18.